The largest absolute Gasteiger partial charge is 0.491 e. The highest BCUT2D eigenvalue weighted by atomic mass is 32.2. The summed E-state index contributed by atoms with van der Waals surface area (Å²) in [6, 6.07) is 1.99. The van der Waals surface area contributed by atoms with Gasteiger partial charge in [0.25, 0.3) is 0 Å². The van der Waals surface area contributed by atoms with Gasteiger partial charge in [0, 0.05) is 31.6 Å². The van der Waals surface area contributed by atoms with Crippen LogP contribution in [0.5, 0.6) is 5.75 Å². The topological polar surface area (TPSA) is 105 Å². The van der Waals surface area contributed by atoms with Crippen molar-refractivity contribution in [2.45, 2.75) is 29.3 Å². The molecule has 0 saturated carbocycles. The maximum Gasteiger partial charge on any atom is 0.419 e. The number of anilines is 2. The van der Waals surface area contributed by atoms with E-state index < -0.39 is 76.5 Å². The number of rotatable bonds is 6. The summed E-state index contributed by atoms with van der Waals surface area (Å²) < 4.78 is 122. The van der Waals surface area contributed by atoms with Gasteiger partial charge in [-0.05, 0) is 24.3 Å². The number of hydrogen-bond acceptors (Lipinski definition) is 7. The first-order valence-electron chi connectivity index (χ1n) is 10.9. The molecular formula is C20H21F5N4O4S. The number of methoxy groups -OCH3 is 2. The number of alkyl halides is 3. The minimum atomic E-state index is -5.30. The van der Waals surface area contributed by atoms with E-state index in [0.717, 1.165) is 31.7 Å². The Morgan fingerprint density at radius 1 is 1.38 bits per heavy atom. The summed E-state index contributed by atoms with van der Waals surface area (Å²) in [5.41, 5.74) is -3.94. The predicted molar refractivity (Wildman–Crippen MR) is 112 cm³/mol. The van der Waals surface area contributed by atoms with Crippen LogP contribution in [0.4, 0.5) is 33.3 Å². The highest BCUT2D eigenvalue weighted by molar-refractivity contribution is 7.91. The number of pyridine rings is 1. The van der Waals surface area contributed by atoms with Crippen LogP contribution in [-0.2, 0) is 19.3 Å². The van der Waals surface area contributed by atoms with Gasteiger partial charge < -0.3 is 19.7 Å². The highest BCUT2D eigenvalue weighted by Crippen LogP contribution is 2.47. The number of nitrogens with zero attached hydrogens (tertiary/aromatic N) is 2. The van der Waals surface area contributed by atoms with Crippen LogP contribution in [0.3, 0.4) is 0 Å². The van der Waals surface area contributed by atoms with E-state index in [0.29, 0.717) is 11.0 Å². The van der Waals surface area contributed by atoms with Crippen molar-refractivity contribution in [2.24, 2.45) is 0 Å². The molecule has 0 aliphatic carbocycles. The van der Waals surface area contributed by atoms with Crippen LogP contribution in [-0.4, -0.2) is 59.9 Å². The van der Waals surface area contributed by atoms with Gasteiger partial charge in [-0.3, -0.25) is 4.79 Å². The molecule has 2 unspecified atom stereocenters. The molecule has 1 fully saturated rings. The van der Waals surface area contributed by atoms with E-state index in [4.69, 9.17) is 13.6 Å². The smallest absolute Gasteiger partial charge is 0.419 e. The van der Waals surface area contributed by atoms with E-state index in [2.05, 4.69) is 15.0 Å². The average molecular weight is 511 g/mol. The van der Waals surface area contributed by atoms with E-state index in [9.17, 15) is 31.0 Å². The van der Waals surface area contributed by atoms with E-state index in [1.165, 1.54) is 6.07 Å². The molecule has 2 heterocycles. The van der Waals surface area contributed by atoms with Crippen molar-refractivity contribution in [2.75, 3.05) is 37.2 Å². The minimum absolute atomic E-state index is 0.0738. The van der Waals surface area contributed by atoms with Gasteiger partial charge in [-0.2, -0.15) is 17.6 Å². The van der Waals surface area contributed by atoms with Crippen molar-refractivity contribution in [3.8, 4) is 5.75 Å². The maximum absolute atomic E-state index is 14.4. The zero-order chi connectivity index (χ0) is 28.0. The van der Waals surface area contributed by atoms with Gasteiger partial charge in [0.1, 0.15) is 11.1 Å². The summed E-state index contributed by atoms with van der Waals surface area (Å²) in [6.07, 6.45) is -4.35. The Morgan fingerprint density at radius 2 is 2.09 bits per heavy atom. The normalized spacial score (nSPS) is 24.0. The van der Waals surface area contributed by atoms with Gasteiger partial charge in [-0.1, -0.05) is 0 Å². The molecule has 14 heteroatoms. The lowest BCUT2D eigenvalue weighted by molar-refractivity contribution is -0.261. The monoisotopic (exact) mass is 511 g/mol. The molecule has 0 radical (unpaired) electrons. The Bertz CT molecular complexity index is 1310. The SMILES string of the molecule is [2H]C([2H])([2H])OC1(C(F)(F)F)CC(C(=O)Nc2ccnc([S@](C)(=N)=O)c2)N(c2ccc(F)c(F)c2OC)C1. The van der Waals surface area contributed by atoms with E-state index in [-0.39, 0.29) is 10.7 Å². The number of halogens is 5. The molecule has 0 bridgehead atoms. The maximum atomic E-state index is 14.4. The molecule has 1 aliphatic heterocycles. The zero-order valence-corrected chi connectivity index (χ0v) is 18.5. The lowest BCUT2D eigenvalue weighted by atomic mass is 9.99. The fraction of sp³-hybridized carbons (Fsp3) is 0.400. The lowest BCUT2D eigenvalue weighted by Crippen LogP contribution is -2.49. The standard InChI is InChI=1S/C20H21F5N4O4S/c1-32-17-13(5-4-12(21)16(17)22)29-10-19(33-2,20(23,24)25)9-14(29)18(30)28-11-6-7-27-15(8-11)34(3,26)31/h4-8,14,26H,9-10H2,1-3H3,(H,27,28,30)/t14?,19?,34-/m1/s1/i2D3. The third-order valence-corrected chi connectivity index (χ3v) is 6.31. The second-order valence-electron chi connectivity index (χ2n) is 7.57. The van der Waals surface area contributed by atoms with Crippen molar-refractivity contribution in [3.63, 3.8) is 0 Å². The van der Waals surface area contributed by atoms with Crippen LogP contribution in [0.2, 0.25) is 0 Å². The molecular weight excluding hydrogens is 487 g/mol. The van der Waals surface area contributed by atoms with E-state index in [1.54, 1.807) is 0 Å². The van der Waals surface area contributed by atoms with Crippen molar-refractivity contribution < 1.29 is 44.5 Å². The summed E-state index contributed by atoms with van der Waals surface area (Å²) in [5, 5.41) is 2.09. The average Bonchev–Trinajstić information content (AvgIpc) is 3.14. The molecule has 1 amide bonds. The second kappa shape index (κ2) is 8.98. The molecule has 8 nitrogen and oxygen atoms in total. The van der Waals surface area contributed by atoms with Crippen LogP contribution in [0.15, 0.2) is 35.5 Å². The van der Waals surface area contributed by atoms with Gasteiger partial charge in [-0.15, -0.1) is 0 Å². The molecule has 1 aromatic carbocycles. The third kappa shape index (κ3) is 4.64. The molecule has 0 spiro atoms. The molecule has 2 N–H and O–H groups in total. The lowest BCUT2D eigenvalue weighted by Gasteiger charge is -2.31. The number of nitrogens with one attached hydrogen (secondary N) is 2. The Labute approximate surface area is 196 Å². The van der Waals surface area contributed by atoms with E-state index >= 15 is 0 Å². The second-order valence-corrected chi connectivity index (χ2v) is 9.68. The van der Waals surface area contributed by atoms with Crippen molar-refractivity contribution in [1.29, 1.82) is 4.78 Å². The summed E-state index contributed by atoms with van der Waals surface area (Å²) in [6.45, 7) is -1.27. The number of amides is 1. The number of aromatic nitrogens is 1. The van der Waals surface area contributed by atoms with Crippen molar-refractivity contribution >= 4 is 27.0 Å². The van der Waals surface area contributed by atoms with Gasteiger partial charge in [0.2, 0.25) is 11.7 Å². The molecule has 1 aliphatic rings. The molecule has 1 saturated heterocycles. The van der Waals surface area contributed by atoms with Gasteiger partial charge >= 0.3 is 6.18 Å². The van der Waals surface area contributed by atoms with Crippen LogP contribution in [0.1, 0.15) is 10.5 Å². The van der Waals surface area contributed by atoms with Crippen LogP contribution in [0.25, 0.3) is 0 Å². The van der Waals surface area contributed by atoms with Crippen LogP contribution >= 0.6 is 0 Å². The van der Waals surface area contributed by atoms with E-state index in [1.807, 2.05) is 0 Å². The fourth-order valence-corrected chi connectivity index (χ4v) is 4.18. The van der Waals surface area contributed by atoms with Gasteiger partial charge in [-0.25, -0.2) is 18.4 Å². The van der Waals surface area contributed by atoms with Crippen molar-refractivity contribution in [1.82, 2.24) is 4.98 Å². The first-order chi connectivity index (χ1) is 16.9. The zero-order valence-electron chi connectivity index (χ0n) is 20.7. The predicted octanol–water partition coefficient (Wildman–Crippen LogP) is 3.57. The Kier molecular flexibility index (Phi) is 5.69. The molecule has 34 heavy (non-hydrogen) atoms. The number of ether oxygens (including phenoxy) is 2. The number of carbonyl (C=O) groups excluding carboxylic acids is 1. The number of benzene rings is 1. The van der Waals surface area contributed by atoms with Gasteiger partial charge in [0.05, 0.1) is 33.2 Å². The third-order valence-electron chi connectivity index (χ3n) is 5.28. The highest BCUT2D eigenvalue weighted by Gasteiger charge is 2.63. The van der Waals surface area contributed by atoms with Crippen LogP contribution in [0, 0.1) is 16.4 Å². The Balaban J connectivity index is 2.12. The summed E-state index contributed by atoms with van der Waals surface area (Å²) in [7, 11) is -5.90. The summed E-state index contributed by atoms with van der Waals surface area (Å²) >= 11 is 0. The summed E-state index contributed by atoms with van der Waals surface area (Å²) in [5.74, 6) is -4.83. The fourth-order valence-electron chi connectivity index (χ4n) is 3.56. The number of carbonyl (C=O) groups is 1. The molecule has 3 rings (SSSR count). The Morgan fingerprint density at radius 3 is 2.68 bits per heavy atom. The first-order valence-corrected chi connectivity index (χ1v) is 11.4. The minimum Gasteiger partial charge on any atom is -0.491 e. The van der Waals surface area contributed by atoms with Crippen LogP contribution < -0.4 is 15.0 Å². The number of hydrogen-bond donors (Lipinski definition) is 2. The quantitative estimate of drug-likeness (QED) is 0.575. The van der Waals surface area contributed by atoms with Gasteiger partial charge in [0.15, 0.2) is 17.2 Å². The first kappa shape index (κ1) is 21.5. The molecule has 186 valence electrons. The molecule has 2 aromatic rings. The molecule has 1 aromatic heterocycles. The Hall–Kier alpha value is -3.00. The van der Waals surface area contributed by atoms with Crippen molar-refractivity contribution in [3.05, 3.63) is 42.1 Å². The summed E-state index contributed by atoms with van der Waals surface area (Å²) in [4.78, 5) is 17.7. The molecule has 3 atom stereocenters.